The van der Waals surface area contributed by atoms with E-state index in [9.17, 15) is 4.79 Å². The second-order valence-electron chi connectivity index (χ2n) is 3.31. The molecule has 0 radical (unpaired) electrons. The Bertz CT molecular complexity index is 558. The van der Waals surface area contributed by atoms with E-state index in [1.807, 2.05) is 19.1 Å². The van der Waals surface area contributed by atoms with Crippen molar-refractivity contribution in [2.24, 2.45) is 0 Å². The lowest BCUT2D eigenvalue weighted by Crippen LogP contribution is -2.13. The molecule has 0 aliphatic carbocycles. The summed E-state index contributed by atoms with van der Waals surface area (Å²) < 4.78 is 2.57. The van der Waals surface area contributed by atoms with Crippen LogP contribution in [-0.4, -0.2) is 9.84 Å². The third-order valence-electron chi connectivity index (χ3n) is 2.13. The van der Waals surface area contributed by atoms with Crippen LogP contribution in [0.25, 0.3) is 10.1 Å². The number of hydrogen-bond donors (Lipinski definition) is 0. The average Bonchev–Trinajstić information content (AvgIpc) is 2.43. The van der Waals surface area contributed by atoms with Crippen LogP contribution in [0.15, 0.2) is 16.9 Å². The summed E-state index contributed by atoms with van der Waals surface area (Å²) in [5.41, 5.74) is 1.02. The van der Waals surface area contributed by atoms with Gasteiger partial charge in [0.05, 0.1) is 21.7 Å². The lowest BCUT2D eigenvalue weighted by Gasteiger charge is -1.93. The van der Waals surface area contributed by atoms with Gasteiger partial charge in [-0.2, -0.15) is 0 Å². The van der Waals surface area contributed by atoms with Crippen LogP contribution in [0.3, 0.4) is 0 Å². The van der Waals surface area contributed by atoms with E-state index in [-0.39, 0.29) is 5.56 Å². The fourth-order valence-corrected chi connectivity index (χ4v) is 3.30. The van der Waals surface area contributed by atoms with Crippen molar-refractivity contribution in [3.05, 3.63) is 33.1 Å². The van der Waals surface area contributed by atoms with Gasteiger partial charge in [0.1, 0.15) is 0 Å². The van der Waals surface area contributed by atoms with Gasteiger partial charge in [0.25, 0.3) is 5.56 Å². The molecular formula is C10H9Cl2NOS. The van der Waals surface area contributed by atoms with Crippen molar-refractivity contribution >= 4 is 44.8 Å². The first-order chi connectivity index (χ1) is 7.13. The molecule has 15 heavy (non-hydrogen) atoms. The molecule has 2 nitrogen and oxygen atoms in total. The molecule has 0 spiro atoms. The Morgan fingerprint density at radius 1 is 1.47 bits per heavy atom. The van der Waals surface area contributed by atoms with E-state index >= 15 is 0 Å². The molecule has 0 saturated heterocycles. The van der Waals surface area contributed by atoms with E-state index < -0.39 is 0 Å². The van der Waals surface area contributed by atoms with E-state index in [1.54, 1.807) is 3.96 Å². The third kappa shape index (κ3) is 1.92. The van der Waals surface area contributed by atoms with E-state index in [1.165, 1.54) is 11.5 Å². The fraction of sp³-hybridized carbons (Fsp3) is 0.300. The van der Waals surface area contributed by atoms with E-state index in [0.717, 1.165) is 10.3 Å². The van der Waals surface area contributed by atoms with Crippen molar-refractivity contribution in [1.82, 2.24) is 3.96 Å². The highest BCUT2D eigenvalue weighted by atomic mass is 35.5. The topological polar surface area (TPSA) is 22.0 Å². The second kappa shape index (κ2) is 4.16. The molecule has 80 valence electrons. The fourth-order valence-electron chi connectivity index (χ4n) is 1.50. The summed E-state index contributed by atoms with van der Waals surface area (Å²) in [5.74, 6) is 0.434. The van der Waals surface area contributed by atoms with Crippen molar-refractivity contribution < 1.29 is 0 Å². The predicted octanol–water partition coefficient (Wildman–Crippen LogP) is 3.26. The molecule has 5 heteroatoms. The van der Waals surface area contributed by atoms with Crippen LogP contribution in [0, 0.1) is 6.92 Å². The van der Waals surface area contributed by atoms with Crippen LogP contribution in [-0.2, 0) is 6.54 Å². The van der Waals surface area contributed by atoms with Crippen LogP contribution in [0.5, 0.6) is 0 Å². The smallest absolute Gasteiger partial charge is 0.268 e. The summed E-state index contributed by atoms with van der Waals surface area (Å²) >= 11 is 13.1. The molecule has 0 aliphatic heterocycles. The largest absolute Gasteiger partial charge is 0.270 e. The van der Waals surface area contributed by atoms with Gasteiger partial charge in [-0.05, 0) is 24.6 Å². The molecule has 0 N–H and O–H groups in total. The molecule has 0 aliphatic rings. The van der Waals surface area contributed by atoms with Crippen molar-refractivity contribution in [2.45, 2.75) is 13.5 Å². The summed E-state index contributed by atoms with van der Waals surface area (Å²) in [6.07, 6.45) is 0. The number of aromatic nitrogens is 1. The summed E-state index contributed by atoms with van der Waals surface area (Å²) in [5, 5.41) is 1.14. The molecule has 1 aromatic heterocycles. The first-order valence-corrected chi connectivity index (χ1v) is 6.18. The number of alkyl halides is 1. The van der Waals surface area contributed by atoms with Crippen LogP contribution < -0.4 is 5.56 Å². The van der Waals surface area contributed by atoms with Gasteiger partial charge in [-0.15, -0.1) is 11.6 Å². The van der Waals surface area contributed by atoms with E-state index in [2.05, 4.69) is 0 Å². The van der Waals surface area contributed by atoms with E-state index in [0.29, 0.717) is 22.8 Å². The highest BCUT2D eigenvalue weighted by Crippen LogP contribution is 2.26. The van der Waals surface area contributed by atoms with Crippen LogP contribution in [0.4, 0.5) is 0 Å². The van der Waals surface area contributed by atoms with Gasteiger partial charge in [-0.3, -0.25) is 8.75 Å². The van der Waals surface area contributed by atoms with Crippen LogP contribution in [0.1, 0.15) is 5.56 Å². The number of hydrogen-bond acceptors (Lipinski definition) is 2. The van der Waals surface area contributed by atoms with Crippen molar-refractivity contribution in [1.29, 1.82) is 0 Å². The lowest BCUT2D eigenvalue weighted by molar-refractivity contribution is 0.821. The Balaban J connectivity index is 2.76. The number of halogens is 2. The first-order valence-electron chi connectivity index (χ1n) is 4.49. The van der Waals surface area contributed by atoms with Crippen molar-refractivity contribution in [3.63, 3.8) is 0 Å². The molecule has 1 aromatic carbocycles. The maximum absolute atomic E-state index is 11.9. The Morgan fingerprint density at radius 2 is 2.20 bits per heavy atom. The molecule has 0 fully saturated rings. The number of aryl methyl sites for hydroxylation is 2. The lowest BCUT2D eigenvalue weighted by atomic mass is 10.2. The van der Waals surface area contributed by atoms with Crippen molar-refractivity contribution in [3.8, 4) is 0 Å². The highest BCUT2D eigenvalue weighted by Gasteiger charge is 2.10. The number of fused-ring (bicyclic) bond motifs is 1. The standard InChI is InChI=1S/C10H9Cl2NOS/c1-6-4-7(12)9-8(5-6)15-13(3-2-11)10(9)14/h4-5H,2-3H2,1H3. The van der Waals surface area contributed by atoms with Gasteiger partial charge in [-0.25, -0.2) is 0 Å². The zero-order valence-electron chi connectivity index (χ0n) is 8.09. The van der Waals surface area contributed by atoms with Gasteiger partial charge < -0.3 is 0 Å². The summed E-state index contributed by atoms with van der Waals surface area (Å²) in [6, 6.07) is 3.78. The highest BCUT2D eigenvalue weighted by molar-refractivity contribution is 7.14. The maximum atomic E-state index is 11.9. The van der Waals surface area contributed by atoms with Gasteiger partial charge in [-0.1, -0.05) is 23.1 Å². The molecule has 2 rings (SSSR count). The van der Waals surface area contributed by atoms with Gasteiger partial charge in [0.15, 0.2) is 0 Å². The minimum Gasteiger partial charge on any atom is -0.268 e. The zero-order chi connectivity index (χ0) is 11.0. The third-order valence-corrected chi connectivity index (χ3v) is 3.69. The Morgan fingerprint density at radius 3 is 2.87 bits per heavy atom. The average molecular weight is 262 g/mol. The normalized spacial score (nSPS) is 11.1. The molecule has 0 bridgehead atoms. The van der Waals surface area contributed by atoms with Crippen LogP contribution >= 0.6 is 34.7 Å². The van der Waals surface area contributed by atoms with Gasteiger partial charge >= 0.3 is 0 Å². The molecular weight excluding hydrogens is 253 g/mol. The monoisotopic (exact) mass is 261 g/mol. The molecule has 0 saturated carbocycles. The molecule has 0 atom stereocenters. The van der Waals surface area contributed by atoms with E-state index in [4.69, 9.17) is 23.2 Å². The first kappa shape index (κ1) is 11.0. The quantitative estimate of drug-likeness (QED) is 0.761. The maximum Gasteiger partial charge on any atom is 0.270 e. The van der Waals surface area contributed by atoms with Gasteiger partial charge in [0.2, 0.25) is 0 Å². The zero-order valence-corrected chi connectivity index (χ0v) is 10.4. The summed E-state index contributed by atoms with van der Waals surface area (Å²) in [7, 11) is 0. The minimum absolute atomic E-state index is 0.0411. The Kier molecular flexibility index (Phi) is 3.05. The molecule has 0 unspecified atom stereocenters. The number of nitrogens with zero attached hydrogens (tertiary/aromatic N) is 1. The summed E-state index contributed by atoms with van der Waals surface area (Å²) in [6.45, 7) is 2.50. The number of rotatable bonds is 2. The van der Waals surface area contributed by atoms with Crippen LogP contribution in [0.2, 0.25) is 5.02 Å². The molecule has 2 aromatic rings. The number of benzene rings is 1. The predicted molar refractivity (Wildman–Crippen MR) is 66.6 cm³/mol. The minimum atomic E-state index is -0.0411. The second-order valence-corrected chi connectivity index (χ2v) is 5.16. The molecule has 1 heterocycles. The Labute approximate surface area is 101 Å². The van der Waals surface area contributed by atoms with Gasteiger partial charge in [0, 0.05) is 5.88 Å². The SMILES string of the molecule is Cc1cc(Cl)c2c(=O)n(CCCl)sc2c1. The molecule has 0 amide bonds. The Hall–Kier alpha value is -0.510. The van der Waals surface area contributed by atoms with Crippen molar-refractivity contribution in [2.75, 3.05) is 5.88 Å². The summed E-state index contributed by atoms with van der Waals surface area (Å²) in [4.78, 5) is 11.9.